The molecule has 0 spiro atoms. The zero-order valence-corrected chi connectivity index (χ0v) is 6.27. The van der Waals surface area contributed by atoms with Crippen molar-refractivity contribution < 1.29 is 9.47 Å². The summed E-state index contributed by atoms with van der Waals surface area (Å²) in [6.07, 6.45) is 0. The average molecular weight is 214 g/mol. The molecule has 7 heavy (non-hydrogen) atoms. The fraction of sp³-hybridized carbons (Fsp3) is 1.00. The van der Waals surface area contributed by atoms with Crippen molar-refractivity contribution in [2.75, 3.05) is 20.3 Å². The van der Waals surface area contributed by atoms with Crippen LogP contribution in [0.4, 0.5) is 0 Å². The maximum Gasteiger partial charge on any atom is 0.165 e. The number of halogens is 1. The van der Waals surface area contributed by atoms with Gasteiger partial charge in [-0.15, -0.1) is 0 Å². The minimum Gasteiger partial charge on any atom is -0.381 e. The van der Waals surface area contributed by atoms with Gasteiger partial charge in [0.2, 0.25) is 0 Å². The smallest absolute Gasteiger partial charge is 0.165 e. The Balaban J connectivity index is 2.13. The van der Waals surface area contributed by atoms with Crippen molar-refractivity contribution in [2.24, 2.45) is 0 Å². The lowest BCUT2D eigenvalue weighted by atomic mass is 10.5. The third-order valence-electron chi connectivity index (χ3n) is 0.817. The van der Waals surface area contributed by atoms with Crippen molar-refractivity contribution in [3.63, 3.8) is 0 Å². The van der Waals surface area contributed by atoms with Gasteiger partial charge in [-0.1, -0.05) is 0 Å². The van der Waals surface area contributed by atoms with Crippen LogP contribution in [0.2, 0.25) is 0 Å². The van der Waals surface area contributed by atoms with Crippen LogP contribution >= 0.6 is 22.6 Å². The highest BCUT2D eigenvalue weighted by molar-refractivity contribution is 14.1. The third-order valence-corrected chi connectivity index (χ3v) is 1.75. The molecule has 0 saturated carbocycles. The zero-order chi connectivity index (χ0) is 5.33. The SMILES string of the molecule is COCC1(I)CO1. The van der Waals surface area contributed by atoms with Crippen LogP contribution in [-0.4, -0.2) is 23.9 Å². The summed E-state index contributed by atoms with van der Waals surface area (Å²) in [5, 5.41) is 0. The largest absolute Gasteiger partial charge is 0.381 e. The standard InChI is InChI=1S/C4H7IO2/c1-6-2-4(5)3-7-4/h2-3H2,1H3. The summed E-state index contributed by atoms with van der Waals surface area (Å²) in [6, 6.07) is 0. The second-order valence-electron chi connectivity index (χ2n) is 1.60. The second-order valence-corrected chi connectivity index (χ2v) is 3.57. The van der Waals surface area contributed by atoms with Gasteiger partial charge >= 0.3 is 0 Å². The Morgan fingerprint density at radius 3 is 2.71 bits per heavy atom. The molecule has 1 heterocycles. The van der Waals surface area contributed by atoms with Gasteiger partial charge in [0.05, 0.1) is 13.2 Å². The monoisotopic (exact) mass is 214 g/mol. The van der Waals surface area contributed by atoms with Gasteiger partial charge in [-0.25, -0.2) is 0 Å². The molecule has 3 heteroatoms. The van der Waals surface area contributed by atoms with E-state index in [2.05, 4.69) is 22.6 Å². The van der Waals surface area contributed by atoms with Gasteiger partial charge in [-0.3, -0.25) is 0 Å². The highest BCUT2D eigenvalue weighted by Crippen LogP contribution is 2.34. The van der Waals surface area contributed by atoms with Gasteiger partial charge in [0.25, 0.3) is 0 Å². The van der Waals surface area contributed by atoms with Gasteiger partial charge in [0.1, 0.15) is 0 Å². The predicted molar refractivity (Wildman–Crippen MR) is 34.6 cm³/mol. The molecule has 0 aromatic heterocycles. The van der Waals surface area contributed by atoms with E-state index in [1.54, 1.807) is 7.11 Å². The molecule has 0 amide bonds. The van der Waals surface area contributed by atoms with E-state index in [4.69, 9.17) is 9.47 Å². The lowest BCUT2D eigenvalue weighted by Gasteiger charge is -1.96. The Labute approximate surface area is 56.3 Å². The first-order valence-electron chi connectivity index (χ1n) is 2.09. The molecule has 1 aliphatic rings. The van der Waals surface area contributed by atoms with Crippen molar-refractivity contribution in [1.29, 1.82) is 0 Å². The predicted octanol–water partition coefficient (Wildman–Crippen LogP) is 0.794. The van der Waals surface area contributed by atoms with Gasteiger partial charge in [-0.2, -0.15) is 0 Å². The lowest BCUT2D eigenvalue weighted by molar-refractivity contribution is 0.166. The lowest BCUT2D eigenvalue weighted by Crippen LogP contribution is -2.07. The Bertz CT molecular complexity index is 70.1. The number of ether oxygens (including phenoxy) is 2. The summed E-state index contributed by atoms with van der Waals surface area (Å²) in [6.45, 7) is 1.56. The Morgan fingerprint density at radius 2 is 2.57 bits per heavy atom. The summed E-state index contributed by atoms with van der Waals surface area (Å²) in [7, 11) is 1.68. The number of alkyl halides is 1. The van der Waals surface area contributed by atoms with Crippen LogP contribution in [0, 0.1) is 0 Å². The molecule has 0 radical (unpaired) electrons. The van der Waals surface area contributed by atoms with E-state index in [0.29, 0.717) is 6.61 Å². The van der Waals surface area contributed by atoms with E-state index in [9.17, 15) is 0 Å². The Kier molecular flexibility index (Phi) is 1.55. The van der Waals surface area contributed by atoms with Crippen LogP contribution in [-0.2, 0) is 9.47 Å². The van der Waals surface area contributed by atoms with Crippen LogP contribution < -0.4 is 0 Å². The molecule has 1 unspecified atom stereocenters. The summed E-state index contributed by atoms with van der Waals surface area (Å²) < 4.78 is 9.88. The average Bonchev–Trinajstić information content (AvgIpc) is 2.22. The summed E-state index contributed by atoms with van der Waals surface area (Å²) in [4.78, 5) is 0. The molecule has 1 aliphatic heterocycles. The van der Waals surface area contributed by atoms with E-state index >= 15 is 0 Å². The molecule has 0 aromatic carbocycles. The van der Waals surface area contributed by atoms with E-state index in [0.717, 1.165) is 6.61 Å². The molecule has 0 bridgehead atoms. The topological polar surface area (TPSA) is 21.8 Å². The molecule has 1 rings (SSSR count). The quantitative estimate of drug-likeness (QED) is 0.385. The molecular weight excluding hydrogens is 207 g/mol. The van der Waals surface area contributed by atoms with E-state index in [-0.39, 0.29) is 3.61 Å². The fourth-order valence-electron chi connectivity index (χ4n) is 0.377. The molecule has 0 aliphatic carbocycles. The molecule has 1 atom stereocenters. The molecule has 0 N–H and O–H groups in total. The maximum atomic E-state index is 5.00. The van der Waals surface area contributed by atoms with Gasteiger partial charge < -0.3 is 9.47 Å². The van der Waals surface area contributed by atoms with Gasteiger partial charge in [-0.05, 0) is 22.6 Å². The van der Waals surface area contributed by atoms with E-state index in [1.807, 2.05) is 0 Å². The summed E-state index contributed by atoms with van der Waals surface area (Å²) >= 11 is 2.24. The highest BCUT2D eigenvalue weighted by Gasteiger charge is 2.41. The molecule has 1 fully saturated rings. The van der Waals surface area contributed by atoms with Crippen LogP contribution in [0.3, 0.4) is 0 Å². The number of hydrogen-bond acceptors (Lipinski definition) is 2. The number of methoxy groups -OCH3 is 1. The number of epoxide rings is 1. The zero-order valence-electron chi connectivity index (χ0n) is 4.11. The molecule has 1 saturated heterocycles. The molecule has 2 nitrogen and oxygen atoms in total. The molecular formula is C4H7IO2. The molecule has 42 valence electrons. The fourth-order valence-corrected chi connectivity index (χ4v) is 0.844. The van der Waals surface area contributed by atoms with Crippen LogP contribution in [0.25, 0.3) is 0 Å². The van der Waals surface area contributed by atoms with Crippen molar-refractivity contribution in [3.05, 3.63) is 0 Å². The summed E-state index contributed by atoms with van der Waals surface area (Å²) in [5.74, 6) is 0. The normalized spacial score (nSPS) is 38.6. The number of rotatable bonds is 2. The minimum atomic E-state index is 0.0481. The van der Waals surface area contributed by atoms with Crippen molar-refractivity contribution in [3.8, 4) is 0 Å². The molecule has 0 aromatic rings. The minimum absolute atomic E-state index is 0.0481. The third kappa shape index (κ3) is 1.54. The van der Waals surface area contributed by atoms with Gasteiger partial charge in [0.15, 0.2) is 3.61 Å². The first-order chi connectivity index (χ1) is 3.27. The van der Waals surface area contributed by atoms with Crippen molar-refractivity contribution >= 4 is 22.6 Å². The van der Waals surface area contributed by atoms with Crippen LogP contribution in [0.1, 0.15) is 0 Å². The first-order valence-corrected chi connectivity index (χ1v) is 3.16. The maximum absolute atomic E-state index is 5.00. The summed E-state index contributed by atoms with van der Waals surface area (Å²) in [5.41, 5.74) is 0. The van der Waals surface area contributed by atoms with Crippen molar-refractivity contribution in [1.82, 2.24) is 0 Å². The van der Waals surface area contributed by atoms with Crippen LogP contribution in [0.15, 0.2) is 0 Å². The Hall–Kier alpha value is 0.650. The van der Waals surface area contributed by atoms with E-state index in [1.165, 1.54) is 0 Å². The van der Waals surface area contributed by atoms with Crippen molar-refractivity contribution in [2.45, 2.75) is 3.61 Å². The van der Waals surface area contributed by atoms with Gasteiger partial charge in [0, 0.05) is 7.11 Å². The van der Waals surface area contributed by atoms with Crippen LogP contribution in [0.5, 0.6) is 0 Å². The van der Waals surface area contributed by atoms with E-state index < -0.39 is 0 Å². The highest BCUT2D eigenvalue weighted by atomic mass is 127. The first kappa shape index (κ1) is 5.78. The number of hydrogen-bond donors (Lipinski definition) is 0. The second kappa shape index (κ2) is 1.87. The Morgan fingerprint density at radius 1 is 2.00 bits per heavy atom.